The Labute approximate surface area is 200 Å². The highest BCUT2D eigenvalue weighted by molar-refractivity contribution is 14.0. The summed E-state index contributed by atoms with van der Waals surface area (Å²) in [7, 11) is 5.73. The molecule has 1 aromatic carbocycles. The Morgan fingerprint density at radius 3 is 2.43 bits per heavy atom. The molecule has 2 N–H and O–H groups in total. The molecule has 0 saturated carbocycles. The molecule has 0 atom stereocenters. The number of methoxy groups -OCH3 is 1. The van der Waals surface area contributed by atoms with E-state index in [2.05, 4.69) is 56.7 Å². The number of benzene rings is 1. The minimum atomic E-state index is 0. The average molecular weight is 532 g/mol. The molecule has 1 aromatic rings. The van der Waals surface area contributed by atoms with Gasteiger partial charge in [0.25, 0.3) is 0 Å². The lowest BCUT2D eigenvalue weighted by Gasteiger charge is -2.22. The van der Waals surface area contributed by atoms with Gasteiger partial charge in [-0.15, -0.1) is 24.0 Å². The van der Waals surface area contributed by atoms with Gasteiger partial charge in [-0.2, -0.15) is 0 Å². The smallest absolute Gasteiger partial charge is 0.191 e. The Bertz CT molecular complexity index is 591. The fourth-order valence-electron chi connectivity index (χ4n) is 3.77. The number of nitrogens with zero attached hydrogens (tertiary/aromatic N) is 3. The molecule has 0 aromatic heterocycles. The van der Waals surface area contributed by atoms with Crippen LogP contribution in [0.15, 0.2) is 29.3 Å². The lowest BCUT2D eigenvalue weighted by Crippen LogP contribution is -2.41. The molecule has 7 heteroatoms. The molecular weight excluding hydrogens is 489 g/mol. The van der Waals surface area contributed by atoms with Crippen molar-refractivity contribution in [3.63, 3.8) is 0 Å². The molecule has 1 aliphatic rings. The van der Waals surface area contributed by atoms with Crippen molar-refractivity contribution in [1.82, 2.24) is 20.4 Å². The molecule has 0 bridgehead atoms. The van der Waals surface area contributed by atoms with Crippen molar-refractivity contribution in [2.75, 3.05) is 60.5 Å². The Balaban J connectivity index is 0.00000450. The van der Waals surface area contributed by atoms with E-state index in [0.717, 1.165) is 51.7 Å². The molecule has 0 aliphatic carbocycles. The Morgan fingerprint density at radius 2 is 1.77 bits per heavy atom. The maximum Gasteiger partial charge on any atom is 0.191 e. The topological polar surface area (TPSA) is 52.1 Å². The normalized spacial score (nSPS) is 15.5. The zero-order valence-electron chi connectivity index (χ0n) is 19.2. The summed E-state index contributed by atoms with van der Waals surface area (Å²) >= 11 is 0. The largest absolute Gasteiger partial charge is 0.385 e. The van der Waals surface area contributed by atoms with Crippen LogP contribution in [-0.2, 0) is 17.8 Å². The number of likely N-dealkylation sites (N-methyl/N-ethyl adjacent to an activating group) is 1. The van der Waals surface area contributed by atoms with E-state index >= 15 is 0 Å². The Hall–Kier alpha value is -0.900. The van der Waals surface area contributed by atoms with Crippen LogP contribution in [0.4, 0.5) is 0 Å². The van der Waals surface area contributed by atoms with Crippen LogP contribution >= 0.6 is 24.0 Å². The second-order valence-corrected chi connectivity index (χ2v) is 7.96. The first-order chi connectivity index (χ1) is 14.2. The molecular formula is C23H42IN5O. The van der Waals surface area contributed by atoms with E-state index in [1.54, 1.807) is 7.11 Å². The van der Waals surface area contributed by atoms with E-state index in [-0.39, 0.29) is 24.0 Å². The van der Waals surface area contributed by atoms with Gasteiger partial charge in [0.05, 0.1) is 0 Å². The van der Waals surface area contributed by atoms with Crippen LogP contribution in [0.3, 0.4) is 0 Å². The number of hydrogen-bond acceptors (Lipinski definition) is 4. The minimum absolute atomic E-state index is 0. The number of halogens is 1. The minimum Gasteiger partial charge on any atom is -0.385 e. The second-order valence-electron chi connectivity index (χ2n) is 7.96. The summed E-state index contributed by atoms with van der Waals surface area (Å²) in [6.07, 6.45) is 6.48. The van der Waals surface area contributed by atoms with Crippen LogP contribution in [-0.4, -0.2) is 76.3 Å². The van der Waals surface area contributed by atoms with E-state index in [4.69, 9.17) is 4.74 Å². The summed E-state index contributed by atoms with van der Waals surface area (Å²) in [5.41, 5.74) is 2.78. The van der Waals surface area contributed by atoms with Gasteiger partial charge in [-0.3, -0.25) is 9.89 Å². The zero-order chi connectivity index (χ0) is 20.7. The number of rotatable bonds is 11. The molecule has 2 rings (SSSR count). The van der Waals surface area contributed by atoms with Gasteiger partial charge in [0.15, 0.2) is 5.96 Å². The number of ether oxygens (including phenoxy) is 1. The van der Waals surface area contributed by atoms with Crippen LogP contribution in [0.1, 0.15) is 43.2 Å². The maximum atomic E-state index is 5.12. The first-order valence-electron chi connectivity index (χ1n) is 11.1. The van der Waals surface area contributed by atoms with E-state index in [9.17, 15) is 0 Å². The molecule has 30 heavy (non-hydrogen) atoms. The standard InChI is InChI=1S/C23H41N5O.HI/c1-24-23(25-13-17-27(2)14-10-18-29-3)26-19-21-11-6-7-12-22(21)20-28-15-8-4-5-9-16-28;/h6-7,11-12H,4-5,8-10,13-20H2,1-3H3,(H2,24,25,26);1H. The Kier molecular flexibility index (Phi) is 15.2. The molecule has 1 aliphatic heterocycles. The van der Waals surface area contributed by atoms with Crippen LogP contribution in [0, 0.1) is 0 Å². The number of guanidine groups is 1. The summed E-state index contributed by atoms with van der Waals surface area (Å²) in [5, 5.41) is 6.91. The quantitative estimate of drug-likeness (QED) is 0.199. The highest BCUT2D eigenvalue weighted by atomic mass is 127. The summed E-state index contributed by atoms with van der Waals surface area (Å²) in [4.78, 5) is 9.30. The third-order valence-electron chi connectivity index (χ3n) is 5.56. The van der Waals surface area contributed by atoms with Gasteiger partial charge in [0, 0.05) is 53.5 Å². The highest BCUT2D eigenvalue weighted by Gasteiger charge is 2.12. The van der Waals surface area contributed by atoms with Crippen molar-refractivity contribution in [2.24, 2.45) is 4.99 Å². The van der Waals surface area contributed by atoms with Gasteiger partial charge >= 0.3 is 0 Å². The number of hydrogen-bond donors (Lipinski definition) is 2. The average Bonchev–Trinajstić information content (AvgIpc) is 3.00. The number of likely N-dealkylation sites (tertiary alicyclic amines) is 1. The highest BCUT2D eigenvalue weighted by Crippen LogP contribution is 2.16. The van der Waals surface area contributed by atoms with Gasteiger partial charge in [0.2, 0.25) is 0 Å². The van der Waals surface area contributed by atoms with Crippen LogP contribution < -0.4 is 10.6 Å². The van der Waals surface area contributed by atoms with Crippen molar-refractivity contribution in [1.29, 1.82) is 0 Å². The molecule has 0 amide bonds. The van der Waals surface area contributed by atoms with Crippen molar-refractivity contribution in [2.45, 2.75) is 45.2 Å². The third kappa shape index (κ3) is 10.9. The van der Waals surface area contributed by atoms with Gasteiger partial charge in [-0.25, -0.2) is 0 Å². The van der Waals surface area contributed by atoms with Crippen LogP contribution in [0.2, 0.25) is 0 Å². The molecule has 0 spiro atoms. The van der Waals surface area contributed by atoms with Crippen LogP contribution in [0.5, 0.6) is 0 Å². The zero-order valence-corrected chi connectivity index (χ0v) is 21.5. The number of nitrogens with one attached hydrogen (secondary N) is 2. The van der Waals surface area contributed by atoms with Crippen LogP contribution in [0.25, 0.3) is 0 Å². The van der Waals surface area contributed by atoms with Crippen molar-refractivity contribution in [3.8, 4) is 0 Å². The molecule has 172 valence electrons. The SMILES string of the molecule is CN=C(NCCN(C)CCCOC)NCc1ccccc1CN1CCCCCC1.I. The van der Waals surface area contributed by atoms with Crippen molar-refractivity contribution >= 4 is 29.9 Å². The van der Waals surface area contributed by atoms with Gasteiger partial charge in [0.1, 0.15) is 0 Å². The predicted octanol–water partition coefficient (Wildman–Crippen LogP) is 3.31. The van der Waals surface area contributed by atoms with E-state index < -0.39 is 0 Å². The van der Waals surface area contributed by atoms with E-state index in [1.165, 1.54) is 49.9 Å². The number of aliphatic imine (C=N–C) groups is 1. The first-order valence-corrected chi connectivity index (χ1v) is 11.1. The van der Waals surface area contributed by atoms with Crippen molar-refractivity contribution in [3.05, 3.63) is 35.4 Å². The molecule has 0 unspecified atom stereocenters. The van der Waals surface area contributed by atoms with Gasteiger partial charge in [-0.05, 0) is 50.5 Å². The summed E-state index contributed by atoms with van der Waals surface area (Å²) in [6, 6.07) is 8.79. The second kappa shape index (κ2) is 16.8. The van der Waals surface area contributed by atoms with Gasteiger partial charge in [-0.1, -0.05) is 37.1 Å². The predicted molar refractivity (Wildman–Crippen MR) is 138 cm³/mol. The van der Waals surface area contributed by atoms with E-state index in [1.807, 2.05) is 7.05 Å². The third-order valence-corrected chi connectivity index (χ3v) is 5.56. The molecule has 1 fully saturated rings. The van der Waals surface area contributed by atoms with E-state index in [0.29, 0.717) is 0 Å². The van der Waals surface area contributed by atoms with Crippen molar-refractivity contribution < 1.29 is 4.74 Å². The molecule has 0 radical (unpaired) electrons. The Morgan fingerprint density at radius 1 is 1.07 bits per heavy atom. The molecule has 1 saturated heterocycles. The fraction of sp³-hybridized carbons (Fsp3) is 0.696. The summed E-state index contributed by atoms with van der Waals surface area (Å²) in [5.74, 6) is 0.861. The first kappa shape index (κ1) is 27.1. The summed E-state index contributed by atoms with van der Waals surface area (Å²) < 4.78 is 5.12. The van der Waals surface area contributed by atoms with Gasteiger partial charge < -0.3 is 20.3 Å². The monoisotopic (exact) mass is 531 g/mol. The maximum absolute atomic E-state index is 5.12. The lowest BCUT2D eigenvalue weighted by molar-refractivity contribution is 0.180. The fourth-order valence-corrected chi connectivity index (χ4v) is 3.77. The summed E-state index contributed by atoms with van der Waals surface area (Å²) in [6.45, 7) is 8.02. The molecule has 6 nitrogen and oxygen atoms in total. The lowest BCUT2D eigenvalue weighted by atomic mass is 10.1. The molecule has 1 heterocycles.